The molecular weight excluding hydrogens is 1410 g/mol. The minimum Gasteiger partial charge on any atom is -0.386 e. The molecule has 10 N–H and O–H groups in total. The van der Waals surface area contributed by atoms with Crippen molar-refractivity contribution in [3.63, 3.8) is 0 Å². The summed E-state index contributed by atoms with van der Waals surface area (Å²) in [5.41, 5.74) is 17.2. The van der Waals surface area contributed by atoms with Crippen LogP contribution in [0.2, 0.25) is 0 Å². The molecule has 0 radical (unpaired) electrons. The first-order valence-electron chi connectivity index (χ1n) is 37.7. The molecule has 1 unspecified atom stereocenters. The molecule has 25 heteroatoms. The predicted molar refractivity (Wildman–Crippen MR) is 428 cm³/mol. The van der Waals surface area contributed by atoms with Gasteiger partial charge in [0.25, 0.3) is 0 Å². The third-order valence-electron chi connectivity index (χ3n) is 21.2. The highest BCUT2D eigenvalue weighted by Gasteiger charge is 2.29. The number of aliphatic hydroxyl groups is 5. The Balaban J connectivity index is 0.000000101. The van der Waals surface area contributed by atoms with Gasteiger partial charge in [0.1, 0.15) is 55.6 Å². The topological polar surface area (TPSA) is 242 Å². The molecule has 10 aliphatic rings. The largest absolute Gasteiger partial charge is 0.386 e. The van der Waals surface area contributed by atoms with Crippen LogP contribution < -0.4 is 51.1 Å². The standard InChI is InChI=1S/5C16H19N3OS/c5*20-14-10-17-9-13-15(14)21-16(18-13)11-3-5-12(6-4-11)19-7-1-2-8-19/h5*3-6,14,17,20H,1-2,7-10H2/t4*14-;/m1100./s1. The van der Waals surface area contributed by atoms with E-state index >= 15 is 0 Å². The number of nitrogens with zero attached hydrogens (tertiary/aromatic N) is 10. The van der Waals surface area contributed by atoms with Crippen LogP contribution in [-0.4, -0.2) is 149 Å². The number of hydrogen-bond donors (Lipinski definition) is 10. The minimum absolute atomic E-state index is 0.413. The highest BCUT2D eigenvalue weighted by molar-refractivity contribution is 7.16. The number of β-amino-alcohol motifs (C(OH)–C–C–N with tert-alkyl or cyclic N) is 5. The van der Waals surface area contributed by atoms with E-state index in [1.165, 1.54) is 158 Å². The van der Waals surface area contributed by atoms with Crippen LogP contribution in [0.3, 0.4) is 0 Å². The maximum atomic E-state index is 10.0. The summed E-state index contributed by atoms with van der Waals surface area (Å²) in [5, 5.41) is 71.0. The summed E-state index contributed by atoms with van der Waals surface area (Å²) in [4.78, 5) is 40.7. The van der Waals surface area contributed by atoms with Gasteiger partial charge in [-0.05, 0) is 186 Å². The van der Waals surface area contributed by atoms with Crippen molar-refractivity contribution in [2.45, 2.75) is 127 Å². The van der Waals surface area contributed by atoms with Crippen LogP contribution in [0.5, 0.6) is 0 Å². The van der Waals surface area contributed by atoms with Gasteiger partial charge in [-0.3, -0.25) is 0 Å². The van der Waals surface area contributed by atoms with Crippen molar-refractivity contribution in [2.75, 3.05) is 123 Å². The Bertz CT molecular complexity index is 3820. The Morgan fingerprint density at radius 3 is 0.533 bits per heavy atom. The van der Waals surface area contributed by atoms with Crippen molar-refractivity contribution in [3.8, 4) is 52.9 Å². The third kappa shape index (κ3) is 16.8. The highest BCUT2D eigenvalue weighted by Crippen LogP contribution is 2.41. The first kappa shape index (κ1) is 72.1. The van der Waals surface area contributed by atoms with Crippen molar-refractivity contribution in [3.05, 3.63) is 174 Å². The quantitative estimate of drug-likeness (QED) is 0.0612. The van der Waals surface area contributed by atoms with E-state index in [-0.39, 0.29) is 0 Å². The third-order valence-corrected chi connectivity index (χ3v) is 27.5. The number of anilines is 5. The van der Waals surface area contributed by atoms with Gasteiger partial charge in [0.05, 0.1) is 52.9 Å². The molecule has 10 aromatic rings. The molecule has 20 rings (SSSR count). The lowest BCUT2D eigenvalue weighted by Crippen LogP contribution is -2.26. The smallest absolute Gasteiger partial charge is 0.124 e. The lowest BCUT2D eigenvalue weighted by atomic mass is 10.2. The number of hydrogen-bond acceptors (Lipinski definition) is 25. The first-order chi connectivity index (χ1) is 51.5. The molecule has 5 fully saturated rings. The molecule has 550 valence electrons. The van der Waals surface area contributed by atoms with Gasteiger partial charge in [-0.15, -0.1) is 56.7 Å². The minimum atomic E-state index is -0.413. The Kier molecular flexibility index (Phi) is 23.0. The van der Waals surface area contributed by atoms with Gasteiger partial charge in [0, 0.05) is 187 Å². The van der Waals surface area contributed by atoms with Gasteiger partial charge in [-0.2, -0.15) is 0 Å². The molecule has 5 aromatic heterocycles. The van der Waals surface area contributed by atoms with E-state index < -0.39 is 30.5 Å². The van der Waals surface area contributed by atoms with Crippen LogP contribution in [0.4, 0.5) is 28.4 Å². The normalized spacial score (nSPS) is 21.6. The second-order valence-corrected chi connectivity index (χ2v) is 33.7. The van der Waals surface area contributed by atoms with Crippen LogP contribution >= 0.6 is 56.7 Å². The summed E-state index contributed by atoms with van der Waals surface area (Å²) in [7, 11) is 0. The van der Waals surface area contributed by atoms with Crippen molar-refractivity contribution in [1.82, 2.24) is 51.5 Å². The maximum Gasteiger partial charge on any atom is 0.124 e. The highest BCUT2D eigenvalue weighted by atomic mass is 32.1. The molecule has 0 saturated carbocycles. The SMILES string of the molecule is OC1CNCc2nc(-c3ccc(N4CCCC4)cc3)sc21.O[C@@H]1CNCc2nc(-c3ccc(N4CCCC4)cc3)sc21.O[C@@H]1CNCc2nc(-c3ccc(N4CCCC4)cc3)sc21.O[C@H]1CNCc2nc(-c3ccc(N4CCCC4)cc3)sc21.O[C@H]1CNCc2nc(-c3ccc(N4CCCC4)cc3)sc21. The van der Waals surface area contributed by atoms with Gasteiger partial charge < -0.3 is 76.6 Å². The molecule has 20 nitrogen and oxygen atoms in total. The summed E-state index contributed by atoms with van der Waals surface area (Å²) in [6, 6.07) is 43.4. The monoisotopic (exact) mass is 1510 g/mol. The molecule has 105 heavy (non-hydrogen) atoms. The van der Waals surface area contributed by atoms with E-state index in [1.807, 2.05) is 0 Å². The lowest BCUT2D eigenvalue weighted by Gasteiger charge is -2.17. The Morgan fingerprint density at radius 1 is 0.238 bits per heavy atom. The zero-order chi connectivity index (χ0) is 71.2. The molecule has 15 heterocycles. The van der Waals surface area contributed by atoms with E-state index in [2.05, 4.69) is 197 Å². The van der Waals surface area contributed by atoms with E-state index in [9.17, 15) is 25.5 Å². The van der Waals surface area contributed by atoms with Crippen LogP contribution in [-0.2, 0) is 32.7 Å². The van der Waals surface area contributed by atoms with E-state index in [4.69, 9.17) is 0 Å². The average molecular weight is 1510 g/mol. The molecule has 0 bridgehead atoms. The number of fused-ring (bicyclic) bond motifs is 5. The molecule has 5 atom stereocenters. The van der Waals surface area contributed by atoms with Gasteiger partial charge >= 0.3 is 0 Å². The Morgan fingerprint density at radius 2 is 0.390 bits per heavy atom. The van der Waals surface area contributed by atoms with Crippen molar-refractivity contribution in [1.29, 1.82) is 0 Å². The van der Waals surface area contributed by atoms with Crippen LogP contribution in [0, 0.1) is 0 Å². The van der Waals surface area contributed by atoms with Crippen LogP contribution in [0.15, 0.2) is 121 Å². The van der Waals surface area contributed by atoms with Gasteiger partial charge in [-0.1, -0.05) is 0 Å². The van der Waals surface area contributed by atoms with Crippen molar-refractivity contribution in [2.24, 2.45) is 0 Å². The number of nitrogens with one attached hydrogen (secondary N) is 5. The zero-order valence-electron chi connectivity index (χ0n) is 59.4. The fraction of sp³-hybridized carbons (Fsp3) is 0.438. The Hall–Kier alpha value is -7.15. The molecule has 10 aliphatic heterocycles. The van der Waals surface area contributed by atoms with E-state index in [0.29, 0.717) is 32.7 Å². The number of thiazole rings is 5. The van der Waals surface area contributed by atoms with Gasteiger partial charge in [0.15, 0.2) is 0 Å². The lowest BCUT2D eigenvalue weighted by molar-refractivity contribution is 0.168. The number of rotatable bonds is 10. The van der Waals surface area contributed by atoms with Crippen molar-refractivity contribution < 1.29 is 25.5 Å². The fourth-order valence-electron chi connectivity index (χ4n) is 15.4. The van der Waals surface area contributed by atoms with Crippen molar-refractivity contribution >= 4 is 85.1 Å². The zero-order valence-corrected chi connectivity index (χ0v) is 63.5. The molecule has 0 aliphatic carbocycles. The van der Waals surface area contributed by atoms with Crippen LogP contribution in [0.25, 0.3) is 52.9 Å². The van der Waals surface area contributed by atoms with Crippen LogP contribution in [0.1, 0.15) is 148 Å². The maximum absolute atomic E-state index is 10.0. The summed E-state index contributed by atoms with van der Waals surface area (Å²) in [6.07, 6.45) is 10.9. The van der Waals surface area contributed by atoms with E-state index in [1.54, 1.807) is 56.7 Å². The first-order valence-corrected chi connectivity index (χ1v) is 41.8. The molecule has 5 saturated heterocycles. The molecular formula is C80H95N15O5S5. The molecule has 0 amide bonds. The van der Waals surface area contributed by atoms with E-state index in [0.717, 1.165) is 138 Å². The fourth-order valence-corrected chi connectivity index (χ4v) is 20.8. The number of aliphatic hydroxyl groups excluding tert-OH is 5. The second-order valence-electron chi connectivity index (χ2n) is 28.6. The Labute approximate surface area is 635 Å². The summed E-state index contributed by atoms with van der Waals surface area (Å²) < 4.78 is 0. The molecule has 0 spiro atoms. The average Bonchev–Trinajstić information content (AvgIpc) is 1.66. The summed E-state index contributed by atoms with van der Waals surface area (Å²) in [6.45, 7) is 18.6. The molecule has 5 aromatic carbocycles. The number of aromatic nitrogens is 5. The predicted octanol–water partition coefficient (Wildman–Crippen LogP) is 12.7. The second kappa shape index (κ2) is 33.6. The summed E-state index contributed by atoms with van der Waals surface area (Å²) >= 11 is 8.10. The van der Waals surface area contributed by atoms with Gasteiger partial charge in [0.2, 0.25) is 0 Å². The number of benzene rings is 5. The van der Waals surface area contributed by atoms with Gasteiger partial charge in [-0.25, -0.2) is 24.9 Å². The summed E-state index contributed by atoms with van der Waals surface area (Å²) in [5.74, 6) is 0.